The van der Waals surface area contributed by atoms with Gasteiger partial charge in [-0.1, -0.05) is 87.6 Å². The van der Waals surface area contributed by atoms with Gasteiger partial charge in [0.1, 0.15) is 24.2 Å². The third-order valence-electron chi connectivity index (χ3n) is 9.75. The minimum Gasteiger partial charge on any atom is -0.445 e. The van der Waals surface area contributed by atoms with Crippen LogP contribution >= 0.6 is 11.6 Å². The summed E-state index contributed by atoms with van der Waals surface area (Å²) in [7, 11) is 0. The molecule has 1 aliphatic rings. The fraction of sp³-hybridized carbons (Fsp3) is 0.459. The average Bonchev–Trinajstić information content (AvgIpc) is 3.72. The van der Waals surface area contributed by atoms with Crippen molar-refractivity contribution >= 4 is 52.3 Å². The lowest BCUT2D eigenvalue weighted by Crippen LogP contribution is -2.65. The van der Waals surface area contributed by atoms with Gasteiger partial charge in [0.2, 0.25) is 23.6 Å². The number of carbonyl (C=O) groups is 4. The van der Waals surface area contributed by atoms with Crippen LogP contribution in [0.3, 0.4) is 0 Å². The summed E-state index contributed by atoms with van der Waals surface area (Å²) in [5.74, 6) is -1.67. The van der Waals surface area contributed by atoms with Crippen molar-refractivity contribution in [3.8, 4) is 0 Å². The van der Waals surface area contributed by atoms with Crippen LogP contribution in [0.5, 0.6) is 0 Å². The number of benzene rings is 2. The lowest BCUT2D eigenvalue weighted by Gasteiger charge is -2.39. The van der Waals surface area contributed by atoms with Gasteiger partial charge in [-0.25, -0.2) is 4.79 Å². The zero-order chi connectivity index (χ0) is 36.9. The number of rotatable bonds is 13. The number of carbonyl (C=O) groups excluding carboxylic acids is 4. The van der Waals surface area contributed by atoms with Crippen LogP contribution in [-0.2, 0) is 38.6 Å². The van der Waals surface area contributed by atoms with Crippen LogP contribution in [0, 0.1) is 18.8 Å². The van der Waals surface area contributed by atoms with Gasteiger partial charge in [-0.15, -0.1) is 5.10 Å². The van der Waals surface area contributed by atoms with Crippen molar-refractivity contribution in [3.05, 3.63) is 75.8 Å². The highest BCUT2D eigenvalue weighted by Crippen LogP contribution is 2.38. The van der Waals surface area contributed by atoms with E-state index in [0.29, 0.717) is 24.3 Å². The first-order valence-electron chi connectivity index (χ1n) is 17.3. The van der Waals surface area contributed by atoms with E-state index in [1.807, 2.05) is 77.1 Å². The monoisotopic (exact) mass is 719 g/mol. The molecule has 0 radical (unpaired) electrons. The Bertz CT molecular complexity index is 1890. The number of fused-ring (bicyclic) bond motifs is 3. The Hall–Kier alpha value is -4.91. The Morgan fingerprint density at radius 1 is 1.04 bits per heavy atom. The number of aromatic amines is 1. The standard InChI is InChI=1S/C37H46ClN7O6/c1-7-21(4)29(42-36(49)50-19-24-12-10-9-11-13-24)32(47)43-37(15-14-28-26(18-37)25-16-20(3)17-27(38)31(25)40-28)34(48)41-30(22(5)8-2)33-44-45-35(51-33)39-23(6)46/h9-13,16-17,21-22,29-30,40H,7-8,14-15,18-19H2,1-6H3,(H,41,48)(H,42,49)(H,43,47)(H,39,45,46)/t21?,22?,29-,30-,37+/m0/s1. The summed E-state index contributed by atoms with van der Waals surface area (Å²) in [6.07, 6.45) is 1.32. The van der Waals surface area contributed by atoms with E-state index in [9.17, 15) is 19.2 Å². The first kappa shape index (κ1) is 37.3. The number of ether oxygens (including phenoxy) is 1. The molecule has 14 heteroatoms. The van der Waals surface area contributed by atoms with Gasteiger partial charge >= 0.3 is 12.1 Å². The van der Waals surface area contributed by atoms with Crippen molar-refractivity contribution in [3.63, 3.8) is 0 Å². The van der Waals surface area contributed by atoms with E-state index < -0.39 is 35.5 Å². The molecule has 0 aliphatic heterocycles. The number of H-pyrrole nitrogens is 1. The number of hydrogen-bond donors (Lipinski definition) is 5. The summed E-state index contributed by atoms with van der Waals surface area (Å²) in [5.41, 5.74) is 2.90. The first-order chi connectivity index (χ1) is 24.3. The molecule has 1 aliphatic carbocycles. The molecular weight excluding hydrogens is 674 g/mol. The highest BCUT2D eigenvalue weighted by atomic mass is 35.5. The number of aryl methyl sites for hydroxylation is 2. The minimum atomic E-state index is -1.44. The Kier molecular flexibility index (Phi) is 11.7. The number of alkyl carbamates (subject to hydrolysis) is 1. The zero-order valence-corrected chi connectivity index (χ0v) is 30.6. The maximum Gasteiger partial charge on any atom is 0.408 e. The molecule has 0 saturated heterocycles. The van der Waals surface area contributed by atoms with E-state index in [0.717, 1.165) is 33.3 Å². The average molecular weight is 720 g/mol. The van der Waals surface area contributed by atoms with E-state index in [2.05, 4.69) is 36.4 Å². The van der Waals surface area contributed by atoms with Gasteiger partial charge in [0.25, 0.3) is 0 Å². The first-order valence-corrected chi connectivity index (χ1v) is 17.7. The van der Waals surface area contributed by atoms with E-state index in [4.69, 9.17) is 20.8 Å². The summed E-state index contributed by atoms with van der Waals surface area (Å²) < 4.78 is 11.2. The molecule has 0 saturated carbocycles. The number of amides is 4. The largest absolute Gasteiger partial charge is 0.445 e. The Balaban J connectivity index is 1.48. The van der Waals surface area contributed by atoms with Gasteiger partial charge in [-0.3, -0.25) is 19.7 Å². The lowest BCUT2D eigenvalue weighted by molar-refractivity contribution is -0.136. The smallest absolute Gasteiger partial charge is 0.408 e. The predicted molar refractivity (Wildman–Crippen MR) is 193 cm³/mol. The second kappa shape index (κ2) is 16.0. The van der Waals surface area contributed by atoms with Crippen LogP contribution in [0.4, 0.5) is 10.8 Å². The molecule has 0 fully saturated rings. The second-order valence-corrected chi connectivity index (χ2v) is 13.9. The molecule has 5 rings (SSSR count). The highest BCUT2D eigenvalue weighted by molar-refractivity contribution is 6.35. The van der Waals surface area contributed by atoms with Crippen molar-refractivity contribution in [1.29, 1.82) is 0 Å². The quantitative estimate of drug-likeness (QED) is 0.111. The van der Waals surface area contributed by atoms with E-state index in [-0.39, 0.29) is 49.1 Å². The van der Waals surface area contributed by atoms with Crippen LogP contribution in [0.1, 0.15) is 88.2 Å². The third kappa shape index (κ3) is 8.53. The van der Waals surface area contributed by atoms with Crippen LogP contribution in [0.25, 0.3) is 10.9 Å². The number of aromatic nitrogens is 3. The molecule has 0 spiro atoms. The van der Waals surface area contributed by atoms with Crippen LogP contribution in [0.2, 0.25) is 5.02 Å². The van der Waals surface area contributed by atoms with Gasteiger partial charge in [0.05, 0.1) is 10.5 Å². The topological polar surface area (TPSA) is 180 Å². The molecule has 13 nitrogen and oxygen atoms in total. The van der Waals surface area contributed by atoms with Gasteiger partial charge in [-0.2, -0.15) is 0 Å². The van der Waals surface area contributed by atoms with Gasteiger partial charge in [0, 0.05) is 24.4 Å². The Morgan fingerprint density at radius 3 is 2.45 bits per heavy atom. The fourth-order valence-corrected chi connectivity index (χ4v) is 6.75. The molecule has 2 aromatic carbocycles. The molecule has 2 unspecified atom stereocenters. The summed E-state index contributed by atoms with van der Waals surface area (Å²) >= 11 is 6.64. The molecule has 5 atom stereocenters. The van der Waals surface area contributed by atoms with Crippen LogP contribution < -0.4 is 21.3 Å². The molecule has 4 amide bonds. The molecule has 2 heterocycles. The molecule has 0 bridgehead atoms. The molecule has 5 N–H and O–H groups in total. The fourth-order valence-electron chi connectivity index (χ4n) is 6.43. The predicted octanol–water partition coefficient (Wildman–Crippen LogP) is 6.06. The maximum absolute atomic E-state index is 14.8. The van der Waals surface area contributed by atoms with Crippen LogP contribution in [0.15, 0.2) is 46.9 Å². The maximum atomic E-state index is 14.8. The van der Waals surface area contributed by atoms with Crippen molar-refractivity contribution < 1.29 is 28.3 Å². The SMILES string of the molecule is CCC(C)[C@H](NC(=O)OCc1ccccc1)C(=O)N[C@]1(C(=O)N[C@H](c2nnc(NC(C)=O)o2)C(C)CC)CCc2[nH]c3c(Cl)cc(C)cc3c2C1. The zero-order valence-electron chi connectivity index (χ0n) is 29.8. The van der Waals surface area contributed by atoms with Crippen molar-refractivity contribution in [2.75, 3.05) is 5.32 Å². The molecule has 2 aromatic heterocycles. The molecular formula is C37H46ClN7O6. The van der Waals surface area contributed by atoms with Gasteiger partial charge < -0.3 is 30.1 Å². The van der Waals surface area contributed by atoms with Crippen molar-refractivity contribution in [2.45, 2.75) is 97.9 Å². The Labute approximate surface area is 302 Å². The van der Waals surface area contributed by atoms with E-state index in [1.54, 1.807) is 0 Å². The minimum absolute atomic E-state index is 0.0372. The molecule has 51 heavy (non-hydrogen) atoms. The molecule has 4 aromatic rings. The number of anilines is 1. The third-order valence-corrected chi connectivity index (χ3v) is 10.0. The highest BCUT2D eigenvalue weighted by Gasteiger charge is 2.47. The Morgan fingerprint density at radius 2 is 1.76 bits per heavy atom. The summed E-state index contributed by atoms with van der Waals surface area (Å²) in [4.78, 5) is 57.2. The van der Waals surface area contributed by atoms with Gasteiger partial charge in [0.15, 0.2) is 0 Å². The second-order valence-electron chi connectivity index (χ2n) is 13.5. The lowest BCUT2D eigenvalue weighted by atomic mass is 9.78. The number of nitrogens with one attached hydrogen (secondary N) is 5. The van der Waals surface area contributed by atoms with Crippen LogP contribution in [-0.4, -0.2) is 50.6 Å². The normalized spacial score (nSPS) is 17.8. The van der Waals surface area contributed by atoms with Crippen molar-refractivity contribution in [1.82, 2.24) is 31.1 Å². The van der Waals surface area contributed by atoms with E-state index in [1.165, 1.54) is 6.92 Å². The molecule has 272 valence electrons. The van der Waals surface area contributed by atoms with Crippen molar-refractivity contribution in [2.24, 2.45) is 11.8 Å². The van der Waals surface area contributed by atoms with Gasteiger partial charge in [-0.05, 0) is 60.4 Å². The summed E-state index contributed by atoms with van der Waals surface area (Å²) in [6, 6.07) is 11.3. The number of nitrogens with zero attached hydrogens (tertiary/aromatic N) is 2. The number of hydrogen-bond acceptors (Lipinski definition) is 8. The summed E-state index contributed by atoms with van der Waals surface area (Å²) in [6.45, 7) is 11.0. The van der Waals surface area contributed by atoms with E-state index >= 15 is 0 Å². The summed E-state index contributed by atoms with van der Waals surface area (Å²) in [5, 5.41) is 20.9. The number of halogens is 1.